The highest BCUT2D eigenvalue weighted by Crippen LogP contribution is 2.31. The van der Waals surface area contributed by atoms with Crippen molar-refractivity contribution in [3.63, 3.8) is 0 Å². The maximum atomic E-state index is 13.2. The number of aliphatic hydroxyl groups excluding tert-OH is 1. The molecule has 0 bridgehead atoms. The summed E-state index contributed by atoms with van der Waals surface area (Å²) in [6.45, 7) is -0.613. The third-order valence-corrected chi connectivity index (χ3v) is 7.56. The molecular formula is C28H23Br3O9. The number of carbonyl (C=O) groups excluding carboxylic acids is 3. The minimum Gasteiger partial charge on any atom is -0.452 e. The molecule has 0 aliphatic carbocycles. The average Bonchev–Trinajstić information content (AvgIpc) is 2.95. The Morgan fingerprint density at radius 2 is 1.00 bits per heavy atom. The van der Waals surface area contributed by atoms with Crippen LogP contribution in [0.15, 0.2) is 86.2 Å². The average molecular weight is 743 g/mol. The number of aliphatic hydroxyl groups is 1. The van der Waals surface area contributed by atoms with Crippen LogP contribution in [0.2, 0.25) is 0 Å². The molecule has 12 heteroatoms. The first-order valence-electron chi connectivity index (χ1n) is 11.9. The lowest BCUT2D eigenvalue weighted by molar-refractivity contribution is -0.292. The molecule has 1 fully saturated rings. The third-order valence-electron chi connectivity index (χ3n) is 5.97. The highest BCUT2D eigenvalue weighted by Gasteiger charge is 2.52. The Balaban J connectivity index is 1.69. The second kappa shape index (κ2) is 13.8. The Morgan fingerprint density at radius 1 is 0.650 bits per heavy atom. The van der Waals surface area contributed by atoms with Crippen LogP contribution in [0.25, 0.3) is 0 Å². The summed E-state index contributed by atoms with van der Waals surface area (Å²) in [5.74, 6) is -2.30. The molecule has 1 aliphatic heterocycles. The number of methoxy groups -OCH3 is 1. The summed E-state index contributed by atoms with van der Waals surface area (Å²) in [5, 5.41) is 10.1. The van der Waals surface area contributed by atoms with Crippen molar-refractivity contribution in [2.24, 2.45) is 0 Å². The van der Waals surface area contributed by atoms with Gasteiger partial charge < -0.3 is 28.8 Å². The first-order valence-corrected chi connectivity index (χ1v) is 14.3. The number of benzene rings is 3. The monoisotopic (exact) mass is 740 g/mol. The Hall–Kier alpha value is -2.61. The summed E-state index contributed by atoms with van der Waals surface area (Å²) in [4.78, 5) is 39.4. The molecule has 0 spiro atoms. The van der Waals surface area contributed by atoms with Crippen LogP contribution in [0.3, 0.4) is 0 Å². The minimum atomic E-state index is -1.41. The van der Waals surface area contributed by atoms with Crippen molar-refractivity contribution in [2.45, 2.75) is 30.7 Å². The molecule has 1 aliphatic rings. The van der Waals surface area contributed by atoms with Crippen LogP contribution >= 0.6 is 47.8 Å². The van der Waals surface area contributed by atoms with E-state index >= 15 is 0 Å². The smallest absolute Gasteiger partial charge is 0.338 e. The van der Waals surface area contributed by atoms with E-state index in [1.807, 2.05) is 0 Å². The molecule has 0 aromatic heterocycles. The molecule has 5 atom stereocenters. The van der Waals surface area contributed by atoms with Gasteiger partial charge in [0, 0.05) is 20.5 Å². The van der Waals surface area contributed by atoms with E-state index in [0.29, 0.717) is 0 Å². The van der Waals surface area contributed by atoms with Gasteiger partial charge in [-0.2, -0.15) is 0 Å². The molecule has 1 heterocycles. The molecule has 1 N–H and O–H groups in total. The summed E-state index contributed by atoms with van der Waals surface area (Å²) in [6, 6.07) is 19.2. The second-order valence-corrected chi connectivity index (χ2v) is 11.3. The van der Waals surface area contributed by atoms with Gasteiger partial charge >= 0.3 is 17.9 Å². The lowest BCUT2D eigenvalue weighted by atomic mass is 9.97. The number of esters is 3. The molecule has 1 saturated heterocycles. The first-order chi connectivity index (χ1) is 19.2. The lowest BCUT2D eigenvalue weighted by Crippen LogP contribution is -2.62. The molecule has 9 nitrogen and oxygen atoms in total. The highest BCUT2D eigenvalue weighted by atomic mass is 79.9. The van der Waals surface area contributed by atoms with Crippen molar-refractivity contribution in [1.82, 2.24) is 0 Å². The summed E-state index contributed by atoms with van der Waals surface area (Å²) < 4.78 is 30.8. The lowest BCUT2D eigenvalue weighted by Gasteiger charge is -2.43. The maximum Gasteiger partial charge on any atom is 0.338 e. The highest BCUT2D eigenvalue weighted by molar-refractivity contribution is 9.11. The van der Waals surface area contributed by atoms with Crippen molar-refractivity contribution in [1.29, 1.82) is 0 Å². The van der Waals surface area contributed by atoms with E-state index in [-0.39, 0.29) is 16.7 Å². The number of halogens is 3. The van der Waals surface area contributed by atoms with Crippen LogP contribution in [-0.2, 0) is 23.7 Å². The standard InChI is InChI=1S/C28H23Br3O9/c1-36-28-24(40-27(35)17-6-12-20(31)13-7-17)23(39-26(34)16-4-10-19(30)11-5-16)22(21(14-32)37-28)38-25(33)15-2-8-18(29)9-3-15/h2-13,21-24,28,32H,14H2,1H3/t21-,22-,23+,24-,28+/m1/s1. The van der Waals surface area contributed by atoms with Crippen LogP contribution in [0, 0.1) is 0 Å². The van der Waals surface area contributed by atoms with Gasteiger partial charge in [0.15, 0.2) is 24.6 Å². The zero-order valence-corrected chi connectivity index (χ0v) is 25.6. The molecule has 3 aromatic rings. The Morgan fingerprint density at radius 3 is 1.35 bits per heavy atom. The predicted octanol–water partition coefficient (Wildman–Crippen LogP) is 5.31. The molecule has 0 saturated carbocycles. The van der Waals surface area contributed by atoms with Crippen LogP contribution in [0.5, 0.6) is 0 Å². The second-order valence-electron chi connectivity index (χ2n) is 8.59. The molecule has 3 aromatic carbocycles. The van der Waals surface area contributed by atoms with Gasteiger partial charge in [-0.1, -0.05) is 47.8 Å². The quantitative estimate of drug-likeness (QED) is 0.242. The van der Waals surface area contributed by atoms with Crippen molar-refractivity contribution >= 4 is 65.7 Å². The summed E-state index contributed by atoms with van der Waals surface area (Å²) in [5.41, 5.74) is 0.610. The predicted molar refractivity (Wildman–Crippen MR) is 153 cm³/mol. The zero-order valence-electron chi connectivity index (χ0n) is 20.9. The number of hydrogen-bond acceptors (Lipinski definition) is 9. The number of hydrogen-bond donors (Lipinski definition) is 1. The van der Waals surface area contributed by atoms with Crippen LogP contribution in [0.4, 0.5) is 0 Å². The summed E-state index contributed by atoms with van der Waals surface area (Å²) in [6.07, 6.45) is -6.58. The van der Waals surface area contributed by atoms with Crippen molar-refractivity contribution in [2.75, 3.05) is 13.7 Å². The van der Waals surface area contributed by atoms with E-state index in [9.17, 15) is 19.5 Å². The summed E-state index contributed by atoms with van der Waals surface area (Å²) in [7, 11) is 1.31. The fraction of sp³-hybridized carbons (Fsp3) is 0.250. The Labute approximate surface area is 255 Å². The molecule has 0 radical (unpaired) electrons. The van der Waals surface area contributed by atoms with E-state index in [0.717, 1.165) is 13.4 Å². The normalized spacial score (nSPS) is 22.3. The number of rotatable bonds is 8. The largest absolute Gasteiger partial charge is 0.452 e. The van der Waals surface area contributed by atoms with Crippen LogP contribution < -0.4 is 0 Å². The van der Waals surface area contributed by atoms with Gasteiger partial charge in [-0.05, 0) is 72.8 Å². The number of carbonyl (C=O) groups is 3. The third kappa shape index (κ3) is 7.36. The van der Waals surface area contributed by atoms with Gasteiger partial charge in [0.05, 0.1) is 23.3 Å². The molecule has 210 valence electrons. The van der Waals surface area contributed by atoms with Crippen molar-refractivity contribution in [3.8, 4) is 0 Å². The van der Waals surface area contributed by atoms with Gasteiger partial charge in [0.1, 0.15) is 6.10 Å². The molecular weight excluding hydrogens is 720 g/mol. The van der Waals surface area contributed by atoms with Crippen LogP contribution in [0.1, 0.15) is 31.1 Å². The molecule has 40 heavy (non-hydrogen) atoms. The van der Waals surface area contributed by atoms with E-state index in [2.05, 4.69) is 47.8 Å². The topological polar surface area (TPSA) is 118 Å². The van der Waals surface area contributed by atoms with Gasteiger partial charge in [-0.15, -0.1) is 0 Å². The van der Waals surface area contributed by atoms with E-state index in [1.54, 1.807) is 48.5 Å². The Kier molecular flexibility index (Phi) is 10.5. The van der Waals surface area contributed by atoms with E-state index in [1.165, 1.54) is 31.4 Å². The van der Waals surface area contributed by atoms with Gasteiger partial charge in [0.2, 0.25) is 0 Å². The summed E-state index contributed by atoms with van der Waals surface area (Å²) >= 11 is 9.95. The zero-order chi connectivity index (χ0) is 28.8. The Bertz CT molecular complexity index is 1260. The van der Waals surface area contributed by atoms with Crippen molar-refractivity contribution < 1.29 is 43.2 Å². The SMILES string of the molecule is CO[C@H]1O[C@H](CO)[C@@H](OC(=O)c2ccc(Br)cc2)[C@H](OC(=O)c2ccc(Br)cc2)[C@H]1OC(=O)c1ccc(Br)cc1. The maximum absolute atomic E-state index is 13.2. The number of ether oxygens (including phenoxy) is 5. The fourth-order valence-corrected chi connectivity index (χ4v) is 4.74. The van der Waals surface area contributed by atoms with E-state index in [4.69, 9.17) is 23.7 Å². The van der Waals surface area contributed by atoms with Gasteiger partial charge in [0.25, 0.3) is 0 Å². The molecule has 4 rings (SSSR count). The van der Waals surface area contributed by atoms with Crippen LogP contribution in [-0.4, -0.2) is 67.4 Å². The minimum absolute atomic E-state index is 0.195. The molecule has 0 amide bonds. The van der Waals surface area contributed by atoms with Gasteiger partial charge in [-0.25, -0.2) is 14.4 Å². The van der Waals surface area contributed by atoms with Gasteiger partial charge in [-0.3, -0.25) is 0 Å². The molecule has 0 unspecified atom stereocenters. The van der Waals surface area contributed by atoms with E-state index < -0.39 is 55.2 Å². The van der Waals surface area contributed by atoms with Crippen molar-refractivity contribution in [3.05, 3.63) is 103 Å². The first kappa shape index (κ1) is 30.4. The fourth-order valence-electron chi connectivity index (χ4n) is 3.95.